The van der Waals surface area contributed by atoms with Crippen LogP contribution in [0.2, 0.25) is 0 Å². The summed E-state index contributed by atoms with van der Waals surface area (Å²) in [6.45, 7) is 5.20. The molecule has 0 amide bonds. The summed E-state index contributed by atoms with van der Waals surface area (Å²) >= 11 is 0. The van der Waals surface area contributed by atoms with E-state index in [1.54, 1.807) is 0 Å². The van der Waals surface area contributed by atoms with Crippen LogP contribution >= 0.6 is 0 Å². The van der Waals surface area contributed by atoms with Crippen molar-refractivity contribution in [3.63, 3.8) is 0 Å². The Kier molecular flexibility index (Phi) is 3.43. The molecule has 0 saturated carbocycles. The molecule has 5 nitrogen and oxygen atoms in total. The van der Waals surface area contributed by atoms with Gasteiger partial charge in [-0.3, -0.25) is 4.90 Å². The predicted octanol–water partition coefficient (Wildman–Crippen LogP) is 1.27. The molecular weight excluding hydrogens is 230 g/mol. The molecular formula is C13H17N3O2. The van der Waals surface area contributed by atoms with Crippen molar-refractivity contribution in [1.29, 1.82) is 0 Å². The number of nitrogens with one attached hydrogen (secondary N) is 1. The molecule has 0 unspecified atom stereocenters. The fourth-order valence-corrected chi connectivity index (χ4v) is 2.09. The Morgan fingerprint density at radius 3 is 2.94 bits per heavy atom. The van der Waals surface area contributed by atoms with Crippen molar-refractivity contribution in [3.05, 3.63) is 24.3 Å². The Hall–Kier alpha value is -1.59. The van der Waals surface area contributed by atoms with E-state index in [2.05, 4.69) is 14.9 Å². The van der Waals surface area contributed by atoms with E-state index in [1.807, 2.05) is 24.3 Å². The van der Waals surface area contributed by atoms with E-state index in [0.717, 1.165) is 43.9 Å². The Balaban J connectivity index is 1.53. The van der Waals surface area contributed by atoms with Crippen LogP contribution < -0.4 is 4.74 Å². The fourth-order valence-electron chi connectivity index (χ4n) is 2.09. The van der Waals surface area contributed by atoms with Gasteiger partial charge in [0.2, 0.25) is 0 Å². The topological polar surface area (TPSA) is 50.4 Å². The molecule has 1 fully saturated rings. The van der Waals surface area contributed by atoms with E-state index in [4.69, 9.17) is 9.47 Å². The van der Waals surface area contributed by atoms with Crippen LogP contribution in [0.5, 0.6) is 6.01 Å². The number of fused-ring (bicyclic) bond motifs is 1. The highest BCUT2D eigenvalue weighted by Crippen LogP contribution is 2.14. The second kappa shape index (κ2) is 5.37. The van der Waals surface area contributed by atoms with Crippen molar-refractivity contribution in [3.8, 4) is 6.01 Å². The van der Waals surface area contributed by atoms with Crippen molar-refractivity contribution < 1.29 is 9.47 Å². The summed E-state index contributed by atoms with van der Waals surface area (Å²) in [6.07, 6.45) is 0. The van der Waals surface area contributed by atoms with Gasteiger partial charge in [-0.2, -0.15) is 4.98 Å². The van der Waals surface area contributed by atoms with Crippen LogP contribution in [0.3, 0.4) is 0 Å². The van der Waals surface area contributed by atoms with Crippen LogP contribution in [0.4, 0.5) is 0 Å². The van der Waals surface area contributed by atoms with Crippen LogP contribution in [0.15, 0.2) is 24.3 Å². The highest BCUT2D eigenvalue weighted by molar-refractivity contribution is 5.75. The van der Waals surface area contributed by atoms with Gasteiger partial charge in [-0.05, 0) is 12.1 Å². The van der Waals surface area contributed by atoms with E-state index in [0.29, 0.717) is 12.6 Å². The van der Waals surface area contributed by atoms with E-state index < -0.39 is 0 Å². The SMILES string of the molecule is c1ccc2[nH]c(OCCN3CCOCC3)nc2c1. The Labute approximate surface area is 106 Å². The lowest BCUT2D eigenvalue weighted by Gasteiger charge is -2.26. The molecule has 0 spiro atoms. The fraction of sp³-hybridized carbons (Fsp3) is 0.462. The second-order valence-corrected chi connectivity index (χ2v) is 4.36. The van der Waals surface area contributed by atoms with Crippen molar-refractivity contribution in [1.82, 2.24) is 14.9 Å². The lowest BCUT2D eigenvalue weighted by molar-refractivity contribution is 0.0318. The van der Waals surface area contributed by atoms with E-state index in [9.17, 15) is 0 Å². The summed E-state index contributed by atoms with van der Waals surface area (Å²) in [5.74, 6) is 0. The summed E-state index contributed by atoms with van der Waals surface area (Å²) in [6, 6.07) is 8.53. The molecule has 1 aromatic carbocycles. The number of H-pyrrole nitrogens is 1. The van der Waals surface area contributed by atoms with Crippen LogP contribution in [-0.4, -0.2) is 54.3 Å². The second-order valence-electron chi connectivity index (χ2n) is 4.36. The number of aromatic amines is 1. The van der Waals surface area contributed by atoms with Gasteiger partial charge in [-0.15, -0.1) is 0 Å². The molecule has 0 bridgehead atoms. The molecule has 18 heavy (non-hydrogen) atoms. The summed E-state index contributed by atoms with van der Waals surface area (Å²) in [5, 5.41) is 0. The highest BCUT2D eigenvalue weighted by atomic mass is 16.5. The summed E-state index contributed by atoms with van der Waals surface area (Å²) in [5.41, 5.74) is 1.96. The van der Waals surface area contributed by atoms with Gasteiger partial charge in [0.15, 0.2) is 0 Å². The molecule has 0 aliphatic carbocycles. The number of benzene rings is 1. The lowest BCUT2D eigenvalue weighted by Crippen LogP contribution is -2.38. The standard InChI is InChI=1S/C13H17N3O2/c1-2-4-12-11(3-1)14-13(15-12)18-10-7-16-5-8-17-9-6-16/h1-4H,5-10H2,(H,14,15). The van der Waals surface area contributed by atoms with E-state index in [-0.39, 0.29) is 0 Å². The summed E-state index contributed by atoms with van der Waals surface area (Å²) < 4.78 is 10.9. The minimum absolute atomic E-state index is 0.601. The lowest BCUT2D eigenvalue weighted by atomic mass is 10.3. The van der Waals surface area contributed by atoms with Gasteiger partial charge in [0.05, 0.1) is 24.2 Å². The number of nitrogens with zero attached hydrogens (tertiary/aromatic N) is 2. The molecule has 0 radical (unpaired) electrons. The van der Waals surface area contributed by atoms with Gasteiger partial charge in [0.1, 0.15) is 6.61 Å². The molecule has 5 heteroatoms. The van der Waals surface area contributed by atoms with Gasteiger partial charge >= 0.3 is 0 Å². The van der Waals surface area contributed by atoms with E-state index in [1.165, 1.54) is 0 Å². The molecule has 1 aliphatic rings. The number of imidazole rings is 1. The number of hydrogen-bond donors (Lipinski definition) is 1. The number of hydrogen-bond acceptors (Lipinski definition) is 4. The quantitative estimate of drug-likeness (QED) is 0.884. The number of ether oxygens (including phenoxy) is 2. The van der Waals surface area contributed by atoms with Crippen LogP contribution in [0.25, 0.3) is 11.0 Å². The largest absolute Gasteiger partial charge is 0.463 e. The van der Waals surface area contributed by atoms with Crippen LogP contribution in [-0.2, 0) is 4.74 Å². The zero-order chi connectivity index (χ0) is 12.2. The first-order valence-electron chi connectivity index (χ1n) is 6.29. The van der Waals surface area contributed by atoms with Gasteiger partial charge in [0, 0.05) is 19.6 Å². The van der Waals surface area contributed by atoms with E-state index >= 15 is 0 Å². The Bertz CT molecular complexity index is 473. The monoisotopic (exact) mass is 247 g/mol. The third kappa shape index (κ3) is 2.63. The van der Waals surface area contributed by atoms with Gasteiger partial charge in [-0.1, -0.05) is 12.1 Å². The summed E-state index contributed by atoms with van der Waals surface area (Å²) in [7, 11) is 0. The van der Waals surface area contributed by atoms with Crippen molar-refractivity contribution in [2.75, 3.05) is 39.5 Å². The maximum Gasteiger partial charge on any atom is 0.294 e. The number of para-hydroxylation sites is 2. The minimum Gasteiger partial charge on any atom is -0.463 e. The zero-order valence-electron chi connectivity index (χ0n) is 10.3. The van der Waals surface area contributed by atoms with Crippen LogP contribution in [0.1, 0.15) is 0 Å². The van der Waals surface area contributed by atoms with Crippen molar-refractivity contribution in [2.45, 2.75) is 0 Å². The van der Waals surface area contributed by atoms with Crippen LogP contribution in [0, 0.1) is 0 Å². The average molecular weight is 247 g/mol. The zero-order valence-corrected chi connectivity index (χ0v) is 10.3. The number of morpholine rings is 1. The third-order valence-electron chi connectivity index (χ3n) is 3.12. The first kappa shape index (κ1) is 11.5. The first-order chi connectivity index (χ1) is 8.92. The Morgan fingerprint density at radius 2 is 2.11 bits per heavy atom. The minimum atomic E-state index is 0.601. The molecule has 3 rings (SSSR count). The Morgan fingerprint density at radius 1 is 1.28 bits per heavy atom. The number of rotatable bonds is 4. The van der Waals surface area contributed by atoms with Gasteiger partial charge in [0.25, 0.3) is 6.01 Å². The maximum atomic E-state index is 5.64. The van der Waals surface area contributed by atoms with Gasteiger partial charge < -0.3 is 14.5 Å². The molecule has 2 aromatic rings. The molecule has 1 aromatic heterocycles. The normalized spacial score (nSPS) is 17.1. The molecule has 0 atom stereocenters. The third-order valence-corrected chi connectivity index (χ3v) is 3.12. The molecule has 96 valence electrons. The maximum absolute atomic E-state index is 5.64. The number of aromatic nitrogens is 2. The molecule has 1 aliphatic heterocycles. The van der Waals surface area contributed by atoms with Gasteiger partial charge in [-0.25, -0.2) is 0 Å². The van der Waals surface area contributed by atoms with Crippen molar-refractivity contribution in [2.24, 2.45) is 0 Å². The highest BCUT2D eigenvalue weighted by Gasteiger charge is 2.10. The predicted molar refractivity (Wildman–Crippen MR) is 68.8 cm³/mol. The molecule has 1 N–H and O–H groups in total. The molecule has 1 saturated heterocycles. The average Bonchev–Trinajstić information content (AvgIpc) is 2.82. The summed E-state index contributed by atoms with van der Waals surface area (Å²) in [4.78, 5) is 9.87. The molecule has 2 heterocycles. The first-order valence-corrected chi connectivity index (χ1v) is 6.29. The van der Waals surface area contributed by atoms with Crippen molar-refractivity contribution >= 4 is 11.0 Å². The smallest absolute Gasteiger partial charge is 0.294 e.